The van der Waals surface area contributed by atoms with Gasteiger partial charge in [0.25, 0.3) is 5.69 Å². The predicted octanol–water partition coefficient (Wildman–Crippen LogP) is 3.59. The third-order valence-corrected chi connectivity index (χ3v) is 3.34. The zero-order valence-electron chi connectivity index (χ0n) is 11.2. The lowest BCUT2D eigenvalue weighted by molar-refractivity contribution is -0.385. The van der Waals surface area contributed by atoms with Crippen LogP contribution in [0.1, 0.15) is 11.1 Å². The Hall–Kier alpha value is -2.14. The first-order chi connectivity index (χ1) is 9.49. The summed E-state index contributed by atoms with van der Waals surface area (Å²) in [4.78, 5) is 16.3. The van der Waals surface area contributed by atoms with Crippen LogP contribution >= 0.6 is 11.6 Å². The first kappa shape index (κ1) is 14.3. The van der Waals surface area contributed by atoms with Crippen LogP contribution in [0.4, 0.5) is 11.5 Å². The Morgan fingerprint density at radius 2 is 2.10 bits per heavy atom. The molecule has 1 heterocycles. The molecule has 0 N–H and O–H groups in total. The van der Waals surface area contributed by atoms with Gasteiger partial charge in [-0.25, -0.2) is 4.98 Å². The molecule has 0 atom stereocenters. The smallest absolute Gasteiger partial charge is 0.287 e. The Morgan fingerprint density at radius 1 is 1.40 bits per heavy atom. The van der Waals surface area contributed by atoms with E-state index in [-0.39, 0.29) is 5.69 Å². The van der Waals surface area contributed by atoms with Gasteiger partial charge in [0.05, 0.1) is 4.92 Å². The molecule has 0 spiro atoms. The van der Waals surface area contributed by atoms with Crippen LogP contribution in [0.15, 0.2) is 36.5 Å². The van der Waals surface area contributed by atoms with Gasteiger partial charge in [-0.2, -0.15) is 0 Å². The van der Waals surface area contributed by atoms with Crippen molar-refractivity contribution < 1.29 is 4.92 Å². The molecule has 1 aromatic heterocycles. The molecule has 0 radical (unpaired) electrons. The predicted molar refractivity (Wildman–Crippen MR) is 79.2 cm³/mol. The highest BCUT2D eigenvalue weighted by molar-refractivity contribution is 6.31. The van der Waals surface area contributed by atoms with Gasteiger partial charge >= 0.3 is 0 Å². The van der Waals surface area contributed by atoms with Crippen LogP contribution in [0.3, 0.4) is 0 Å². The second-order valence-corrected chi connectivity index (χ2v) is 4.95. The van der Waals surface area contributed by atoms with E-state index in [2.05, 4.69) is 4.98 Å². The number of nitrogens with zero attached hydrogens (tertiary/aromatic N) is 3. The molecule has 0 aliphatic rings. The fraction of sp³-hybridized carbons (Fsp3) is 0.214. The molecule has 1 aromatic carbocycles. The first-order valence-electron chi connectivity index (χ1n) is 6.04. The normalized spacial score (nSPS) is 10.3. The molecule has 2 aromatic rings. The number of benzene rings is 1. The number of nitro groups is 1. The third-order valence-electron chi connectivity index (χ3n) is 2.97. The Bertz CT molecular complexity index is 646. The monoisotopic (exact) mass is 291 g/mol. The van der Waals surface area contributed by atoms with Gasteiger partial charge in [0.2, 0.25) is 0 Å². The van der Waals surface area contributed by atoms with Crippen LogP contribution in [0.25, 0.3) is 0 Å². The quantitative estimate of drug-likeness (QED) is 0.638. The molecule has 0 bridgehead atoms. The standard InChI is InChI=1S/C14H14ClN3O2/c1-10-7-12(18(19)20)8-16-14(10)17(2)9-11-5-3-4-6-13(11)15/h3-8H,9H2,1-2H3. The molecule has 0 unspecified atom stereocenters. The van der Waals surface area contributed by atoms with Crippen molar-refractivity contribution in [2.45, 2.75) is 13.5 Å². The summed E-state index contributed by atoms with van der Waals surface area (Å²) in [5, 5.41) is 11.4. The van der Waals surface area contributed by atoms with Crippen molar-refractivity contribution in [3.63, 3.8) is 0 Å². The zero-order chi connectivity index (χ0) is 14.7. The lowest BCUT2D eigenvalue weighted by Gasteiger charge is -2.20. The zero-order valence-corrected chi connectivity index (χ0v) is 12.0. The van der Waals surface area contributed by atoms with E-state index in [1.54, 1.807) is 6.92 Å². The summed E-state index contributed by atoms with van der Waals surface area (Å²) in [5.74, 6) is 0.704. The second kappa shape index (κ2) is 5.88. The van der Waals surface area contributed by atoms with Crippen LogP contribution in [-0.2, 0) is 6.54 Å². The number of hydrogen-bond acceptors (Lipinski definition) is 4. The maximum atomic E-state index is 10.7. The molecule has 0 aliphatic carbocycles. The minimum atomic E-state index is -0.447. The SMILES string of the molecule is Cc1cc([N+](=O)[O-])cnc1N(C)Cc1ccccc1Cl. The van der Waals surface area contributed by atoms with Crippen molar-refractivity contribution in [1.29, 1.82) is 0 Å². The summed E-state index contributed by atoms with van der Waals surface area (Å²) < 4.78 is 0. The highest BCUT2D eigenvalue weighted by atomic mass is 35.5. The largest absolute Gasteiger partial charge is 0.355 e. The van der Waals surface area contributed by atoms with Gasteiger partial charge in [0, 0.05) is 24.7 Å². The molecule has 104 valence electrons. The van der Waals surface area contributed by atoms with Crippen molar-refractivity contribution in [2.75, 3.05) is 11.9 Å². The molecule has 6 heteroatoms. The first-order valence-corrected chi connectivity index (χ1v) is 6.42. The van der Waals surface area contributed by atoms with E-state index >= 15 is 0 Å². The van der Waals surface area contributed by atoms with Gasteiger partial charge in [0.15, 0.2) is 0 Å². The van der Waals surface area contributed by atoms with Crippen molar-refractivity contribution >= 4 is 23.1 Å². The van der Waals surface area contributed by atoms with Gasteiger partial charge < -0.3 is 4.90 Å². The molecule has 0 saturated heterocycles. The molecule has 2 rings (SSSR count). The molecular formula is C14H14ClN3O2. The van der Waals surface area contributed by atoms with Gasteiger partial charge in [-0.3, -0.25) is 10.1 Å². The van der Waals surface area contributed by atoms with E-state index in [9.17, 15) is 10.1 Å². The van der Waals surface area contributed by atoms with Gasteiger partial charge in [0.1, 0.15) is 12.0 Å². The van der Waals surface area contributed by atoms with Gasteiger partial charge in [-0.1, -0.05) is 29.8 Å². The van der Waals surface area contributed by atoms with E-state index in [0.29, 0.717) is 17.4 Å². The van der Waals surface area contributed by atoms with Crippen LogP contribution in [0, 0.1) is 17.0 Å². The molecule has 5 nitrogen and oxygen atoms in total. The summed E-state index contributed by atoms with van der Waals surface area (Å²) in [6.07, 6.45) is 1.27. The number of aromatic nitrogens is 1. The highest BCUT2D eigenvalue weighted by Gasteiger charge is 2.13. The molecule has 0 amide bonds. The minimum Gasteiger partial charge on any atom is -0.355 e. The van der Waals surface area contributed by atoms with E-state index in [1.807, 2.05) is 36.2 Å². The van der Waals surface area contributed by atoms with Crippen LogP contribution in [0.5, 0.6) is 0 Å². The lowest BCUT2D eigenvalue weighted by atomic mass is 10.2. The Kier molecular flexibility index (Phi) is 4.20. The van der Waals surface area contributed by atoms with Gasteiger partial charge in [-0.15, -0.1) is 0 Å². The number of rotatable bonds is 4. The van der Waals surface area contributed by atoms with E-state index < -0.39 is 4.92 Å². The molecular weight excluding hydrogens is 278 g/mol. The summed E-state index contributed by atoms with van der Waals surface area (Å²) in [6, 6.07) is 9.10. The topological polar surface area (TPSA) is 59.3 Å². The number of anilines is 1. The summed E-state index contributed by atoms with van der Waals surface area (Å²) in [5.41, 5.74) is 1.74. The molecule has 20 heavy (non-hydrogen) atoms. The molecule has 0 saturated carbocycles. The fourth-order valence-electron chi connectivity index (χ4n) is 2.01. The van der Waals surface area contributed by atoms with Crippen molar-refractivity contribution in [3.05, 3.63) is 62.8 Å². The number of pyridine rings is 1. The van der Waals surface area contributed by atoms with Crippen molar-refractivity contribution in [3.8, 4) is 0 Å². The van der Waals surface area contributed by atoms with E-state index in [4.69, 9.17) is 11.6 Å². The van der Waals surface area contributed by atoms with Crippen molar-refractivity contribution in [2.24, 2.45) is 0 Å². The average molecular weight is 292 g/mol. The Morgan fingerprint density at radius 3 is 2.70 bits per heavy atom. The Labute approximate surface area is 122 Å². The maximum absolute atomic E-state index is 10.7. The van der Waals surface area contributed by atoms with Crippen LogP contribution in [0.2, 0.25) is 5.02 Å². The van der Waals surface area contributed by atoms with Gasteiger partial charge in [-0.05, 0) is 24.1 Å². The van der Waals surface area contributed by atoms with Crippen LogP contribution in [-0.4, -0.2) is 17.0 Å². The molecule has 0 fully saturated rings. The number of halogens is 1. The second-order valence-electron chi connectivity index (χ2n) is 4.54. The Balaban J connectivity index is 2.23. The number of hydrogen-bond donors (Lipinski definition) is 0. The van der Waals surface area contributed by atoms with E-state index in [1.165, 1.54) is 12.3 Å². The lowest BCUT2D eigenvalue weighted by Crippen LogP contribution is -2.19. The summed E-state index contributed by atoms with van der Waals surface area (Å²) in [6.45, 7) is 2.39. The van der Waals surface area contributed by atoms with Crippen LogP contribution < -0.4 is 4.90 Å². The number of aryl methyl sites for hydroxylation is 1. The average Bonchev–Trinajstić information content (AvgIpc) is 2.41. The summed E-state index contributed by atoms with van der Waals surface area (Å²) >= 11 is 6.13. The summed E-state index contributed by atoms with van der Waals surface area (Å²) in [7, 11) is 1.88. The van der Waals surface area contributed by atoms with Crippen molar-refractivity contribution in [1.82, 2.24) is 4.98 Å². The minimum absolute atomic E-state index is 0.00241. The maximum Gasteiger partial charge on any atom is 0.287 e. The molecule has 0 aliphatic heterocycles. The third kappa shape index (κ3) is 3.05. The van der Waals surface area contributed by atoms with E-state index in [0.717, 1.165) is 11.1 Å². The fourth-order valence-corrected chi connectivity index (χ4v) is 2.20. The highest BCUT2D eigenvalue weighted by Crippen LogP contribution is 2.24.